The van der Waals surface area contributed by atoms with Gasteiger partial charge in [0, 0.05) is 18.1 Å². The molecule has 78 valence electrons. The van der Waals surface area contributed by atoms with Crippen molar-refractivity contribution in [1.82, 2.24) is 10.6 Å². The molecule has 1 fully saturated rings. The number of urea groups is 1. The summed E-state index contributed by atoms with van der Waals surface area (Å²) in [7, 11) is 0. The van der Waals surface area contributed by atoms with Gasteiger partial charge in [0.2, 0.25) is 0 Å². The van der Waals surface area contributed by atoms with E-state index in [1.54, 1.807) is 11.8 Å². The summed E-state index contributed by atoms with van der Waals surface area (Å²) in [5.41, 5.74) is 5.27. The van der Waals surface area contributed by atoms with Crippen molar-refractivity contribution in [2.24, 2.45) is 5.73 Å². The van der Waals surface area contributed by atoms with E-state index in [1.807, 2.05) is 0 Å². The Morgan fingerprint density at radius 3 is 2.50 bits per heavy atom. The van der Waals surface area contributed by atoms with E-state index in [9.17, 15) is 9.59 Å². The van der Waals surface area contributed by atoms with E-state index in [0.717, 1.165) is 5.75 Å². The van der Waals surface area contributed by atoms with E-state index >= 15 is 0 Å². The van der Waals surface area contributed by atoms with Crippen molar-refractivity contribution in [2.75, 3.05) is 18.1 Å². The number of rotatable bonds is 4. The lowest BCUT2D eigenvalue weighted by molar-refractivity contribution is -0.119. The van der Waals surface area contributed by atoms with E-state index in [4.69, 9.17) is 5.73 Å². The van der Waals surface area contributed by atoms with Crippen molar-refractivity contribution in [2.45, 2.75) is 6.04 Å². The molecule has 4 N–H and O–H groups in total. The molecule has 0 aliphatic carbocycles. The van der Waals surface area contributed by atoms with E-state index in [-0.39, 0.29) is 11.9 Å². The van der Waals surface area contributed by atoms with Crippen LogP contribution < -0.4 is 16.4 Å². The van der Waals surface area contributed by atoms with Gasteiger partial charge < -0.3 is 11.1 Å². The molecule has 1 aliphatic rings. The van der Waals surface area contributed by atoms with Gasteiger partial charge in [-0.05, 0) is 0 Å². The van der Waals surface area contributed by atoms with Gasteiger partial charge in [-0.2, -0.15) is 11.8 Å². The van der Waals surface area contributed by atoms with Crippen LogP contribution in [0.25, 0.3) is 0 Å². The van der Waals surface area contributed by atoms with Crippen LogP contribution in [-0.4, -0.2) is 36.0 Å². The minimum absolute atomic E-state index is 0.246. The highest BCUT2D eigenvalue weighted by atomic mass is 32.2. The van der Waals surface area contributed by atoms with Crippen LogP contribution in [0.4, 0.5) is 4.79 Å². The predicted octanol–water partition coefficient (Wildman–Crippen LogP) is -0.864. The third-order valence-corrected chi connectivity index (χ3v) is 2.50. The quantitative estimate of drug-likeness (QED) is 0.323. The maximum atomic E-state index is 10.9. The van der Waals surface area contributed by atoms with Crippen molar-refractivity contribution in [3.8, 4) is 12.8 Å². The largest absolute Gasteiger partial charge is 0.330 e. The lowest BCUT2D eigenvalue weighted by Crippen LogP contribution is -2.31. The van der Waals surface area contributed by atoms with Crippen LogP contribution in [0.1, 0.15) is 0 Å². The molecule has 0 radical (unpaired) electrons. The monoisotopic (exact) mass is 215 g/mol. The number of amides is 3. The lowest BCUT2D eigenvalue weighted by atomic mass is 10.3. The van der Waals surface area contributed by atoms with Crippen molar-refractivity contribution in [1.29, 1.82) is 0 Å². The first-order valence-electron chi connectivity index (χ1n) is 3.96. The number of carbonyl (C=O) groups excluding carboxylic acids is 2. The molecule has 0 aromatic heterocycles. The zero-order chi connectivity index (χ0) is 11.0. The molecule has 14 heavy (non-hydrogen) atoms. The lowest BCUT2D eigenvalue weighted by Gasteiger charge is -2.04. The van der Waals surface area contributed by atoms with Crippen molar-refractivity contribution in [3.63, 3.8) is 0 Å². The van der Waals surface area contributed by atoms with Gasteiger partial charge in [-0.1, -0.05) is 0 Å². The van der Waals surface area contributed by atoms with Crippen molar-refractivity contribution >= 4 is 23.7 Å². The Morgan fingerprint density at radius 1 is 1.43 bits per heavy atom. The fourth-order valence-electron chi connectivity index (χ4n) is 0.861. The molecule has 0 aromatic carbocycles. The predicted molar refractivity (Wildman–Crippen MR) is 56.7 cm³/mol. The highest BCUT2D eigenvalue weighted by molar-refractivity contribution is 7.99. The highest BCUT2D eigenvalue weighted by Gasteiger charge is 2.28. The molecule has 0 aromatic rings. The summed E-state index contributed by atoms with van der Waals surface area (Å²) in [6, 6.07) is -0.785. The van der Waals surface area contributed by atoms with Crippen LogP contribution in [0.15, 0.2) is 0 Å². The summed E-state index contributed by atoms with van der Waals surface area (Å²) in [6.45, 7) is 0.590. The number of terminal acetylenes is 1. The molecule has 1 heterocycles. The van der Waals surface area contributed by atoms with Crippen molar-refractivity contribution < 1.29 is 9.59 Å². The molecule has 0 bridgehead atoms. The Kier molecular flexibility index (Phi) is 6.62. The van der Waals surface area contributed by atoms with Crippen LogP contribution >= 0.6 is 11.8 Å². The van der Waals surface area contributed by atoms with Gasteiger partial charge in [-0.25, -0.2) is 4.79 Å². The van der Waals surface area contributed by atoms with Crippen LogP contribution in [0.2, 0.25) is 0 Å². The number of thioether (sulfide) groups is 1. The Balaban J connectivity index is 0.000000791. The average Bonchev–Trinajstić information content (AvgIpc) is 2.49. The van der Waals surface area contributed by atoms with Gasteiger partial charge in [-0.15, -0.1) is 12.8 Å². The maximum Gasteiger partial charge on any atom is 0.322 e. The van der Waals surface area contributed by atoms with Gasteiger partial charge >= 0.3 is 6.03 Å². The minimum atomic E-state index is -0.404. The molecule has 1 unspecified atom stereocenters. The van der Waals surface area contributed by atoms with E-state index in [1.165, 1.54) is 0 Å². The van der Waals surface area contributed by atoms with E-state index < -0.39 is 6.03 Å². The number of hydrogen-bond acceptors (Lipinski definition) is 4. The number of hydrogen-bond donors (Lipinski definition) is 3. The first-order chi connectivity index (χ1) is 6.74. The molecule has 0 spiro atoms. The third-order valence-electron chi connectivity index (χ3n) is 1.41. The Labute approximate surface area is 87.2 Å². The molecule has 1 rings (SSSR count). The smallest absolute Gasteiger partial charge is 0.322 e. The van der Waals surface area contributed by atoms with Gasteiger partial charge in [-0.3, -0.25) is 10.1 Å². The van der Waals surface area contributed by atoms with Gasteiger partial charge in [0.15, 0.2) is 0 Å². The number of carbonyl (C=O) groups is 2. The van der Waals surface area contributed by atoms with Gasteiger partial charge in [0.1, 0.15) is 6.04 Å². The second-order valence-electron chi connectivity index (χ2n) is 2.38. The summed E-state index contributed by atoms with van der Waals surface area (Å²) in [4.78, 5) is 21.6. The molecule has 1 atom stereocenters. The number of nitrogens with one attached hydrogen (secondary N) is 2. The number of nitrogens with two attached hydrogens (primary N) is 1. The molecular weight excluding hydrogens is 202 g/mol. The Hall–Kier alpha value is -1.19. The molecule has 1 aliphatic heterocycles. The summed E-state index contributed by atoms with van der Waals surface area (Å²) >= 11 is 1.56. The minimum Gasteiger partial charge on any atom is -0.330 e. The first-order valence-corrected chi connectivity index (χ1v) is 5.12. The standard InChI is InChI=1S/C6H11N3O2S.C2H2/c7-1-2-12-3-4-5(10)9-6(11)8-4;1-2/h4H,1-3,7H2,(H2,8,9,10,11);1-2H. The van der Waals surface area contributed by atoms with Crippen LogP contribution in [0.3, 0.4) is 0 Å². The second-order valence-corrected chi connectivity index (χ2v) is 3.53. The molecule has 0 saturated carbocycles. The van der Waals surface area contributed by atoms with Crippen LogP contribution in [-0.2, 0) is 4.79 Å². The molecule has 6 heteroatoms. The van der Waals surface area contributed by atoms with E-state index in [0.29, 0.717) is 12.3 Å². The normalized spacial score (nSPS) is 19.2. The molecule has 5 nitrogen and oxygen atoms in total. The Bertz CT molecular complexity index is 230. The zero-order valence-electron chi connectivity index (χ0n) is 7.66. The Morgan fingerprint density at radius 2 is 2.07 bits per heavy atom. The highest BCUT2D eigenvalue weighted by Crippen LogP contribution is 2.04. The van der Waals surface area contributed by atoms with Gasteiger partial charge in [0.05, 0.1) is 0 Å². The van der Waals surface area contributed by atoms with Gasteiger partial charge in [0.25, 0.3) is 5.91 Å². The second kappa shape index (κ2) is 7.24. The van der Waals surface area contributed by atoms with Crippen LogP contribution in [0.5, 0.6) is 0 Å². The topological polar surface area (TPSA) is 84.2 Å². The zero-order valence-corrected chi connectivity index (χ0v) is 8.47. The number of imide groups is 1. The third kappa shape index (κ3) is 4.16. The fourth-order valence-corrected chi connectivity index (χ4v) is 1.66. The summed E-state index contributed by atoms with van der Waals surface area (Å²) in [6.07, 6.45) is 8.00. The maximum absolute atomic E-state index is 10.9. The SMILES string of the molecule is C#C.NCCSCC1NC(=O)NC1=O. The van der Waals surface area contributed by atoms with Crippen LogP contribution in [0, 0.1) is 12.8 Å². The molecular formula is C8H13N3O2S. The summed E-state index contributed by atoms with van der Waals surface area (Å²) in [5.74, 6) is 1.15. The molecule has 1 saturated heterocycles. The summed E-state index contributed by atoms with van der Waals surface area (Å²) < 4.78 is 0. The fraction of sp³-hybridized carbons (Fsp3) is 0.500. The molecule has 3 amide bonds. The van der Waals surface area contributed by atoms with E-state index in [2.05, 4.69) is 23.5 Å². The summed E-state index contributed by atoms with van der Waals surface area (Å²) in [5, 5.41) is 4.66. The van der Waals surface area contributed by atoms with Crippen molar-refractivity contribution in [3.05, 3.63) is 0 Å². The first kappa shape index (κ1) is 12.8. The average molecular weight is 215 g/mol.